The Morgan fingerprint density at radius 1 is 0.857 bits per heavy atom. The van der Waals surface area contributed by atoms with E-state index in [2.05, 4.69) is 12.1 Å². The molecule has 0 aliphatic heterocycles. The molecular formula is C18H16N2O. The van der Waals surface area contributed by atoms with E-state index in [0.29, 0.717) is 17.7 Å². The van der Waals surface area contributed by atoms with Crippen molar-refractivity contribution in [3.8, 4) is 17.9 Å². The number of nitriles is 2. The topological polar surface area (TPSA) is 56.8 Å². The molecule has 0 bridgehead atoms. The first-order valence-electron chi connectivity index (χ1n) is 6.69. The van der Waals surface area contributed by atoms with E-state index in [-0.39, 0.29) is 0 Å². The summed E-state index contributed by atoms with van der Waals surface area (Å²) in [6.45, 7) is 6.30. The number of hydrogen-bond donors (Lipinski definition) is 0. The highest BCUT2D eigenvalue weighted by atomic mass is 16.5. The summed E-state index contributed by atoms with van der Waals surface area (Å²) in [5.41, 5.74) is 5.31. The summed E-state index contributed by atoms with van der Waals surface area (Å²) in [7, 11) is 0. The van der Waals surface area contributed by atoms with Crippen molar-refractivity contribution in [2.45, 2.75) is 27.4 Å². The summed E-state index contributed by atoms with van der Waals surface area (Å²) in [5, 5.41) is 17.8. The van der Waals surface area contributed by atoms with Gasteiger partial charge in [-0.1, -0.05) is 6.07 Å². The van der Waals surface area contributed by atoms with Gasteiger partial charge in [0.15, 0.2) is 0 Å². The van der Waals surface area contributed by atoms with E-state index in [1.54, 1.807) is 6.07 Å². The lowest BCUT2D eigenvalue weighted by Gasteiger charge is -2.14. The van der Waals surface area contributed by atoms with Crippen LogP contribution in [-0.4, -0.2) is 0 Å². The van der Waals surface area contributed by atoms with Gasteiger partial charge in [0.25, 0.3) is 0 Å². The first-order chi connectivity index (χ1) is 10.0. The number of rotatable bonds is 3. The van der Waals surface area contributed by atoms with Crippen molar-refractivity contribution in [2.75, 3.05) is 0 Å². The SMILES string of the molecule is Cc1cc(C#N)ccc1COc1c(C)cc(C#N)cc1C. The quantitative estimate of drug-likeness (QED) is 0.853. The molecule has 2 aromatic carbocycles. The van der Waals surface area contributed by atoms with Gasteiger partial charge in [0.2, 0.25) is 0 Å². The Morgan fingerprint density at radius 3 is 1.95 bits per heavy atom. The van der Waals surface area contributed by atoms with Gasteiger partial charge in [-0.25, -0.2) is 0 Å². The summed E-state index contributed by atoms with van der Waals surface area (Å²) < 4.78 is 5.92. The number of benzene rings is 2. The van der Waals surface area contributed by atoms with Gasteiger partial charge in [0.1, 0.15) is 12.4 Å². The summed E-state index contributed by atoms with van der Waals surface area (Å²) in [5.74, 6) is 0.817. The van der Waals surface area contributed by atoms with Gasteiger partial charge in [-0.05, 0) is 67.3 Å². The van der Waals surface area contributed by atoms with Crippen molar-refractivity contribution in [2.24, 2.45) is 0 Å². The Labute approximate surface area is 125 Å². The van der Waals surface area contributed by atoms with Crippen LogP contribution in [0.5, 0.6) is 5.75 Å². The van der Waals surface area contributed by atoms with E-state index in [4.69, 9.17) is 15.3 Å². The minimum absolute atomic E-state index is 0.450. The van der Waals surface area contributed by atoms with E-state index < -0.39 is 0 Å². The van der Waals surface area contributed by atoms with E-state index in [9.17, 15) is 0 Å². The third-order valence-corrected chi connectivity index (χ3v) is 3.43. The molecule has 0 saturated carbocycles. The van der Waals surface area contributed by atoms with Crippen LogP contribution in [0, 0.1) is 43.4 Å². The Morgan fingerprint density at radius 2 is 1.43 bits per heavy atom. The summed E-state index contributed by atoms with van der Waals surface area (Å²) in [4.78, 5) is 0. The van der Waals surface area contributed by atoms with Crippen LogP contribution in [0.25, 0.3) is 0 Å². The highest BCUT2D eigenvalue weighted by molar-refractivity contribution is 5.47. The lowest BCUT2D eigenvalue weighted by Crippen LogP contribution is -2.01. The van der Waals surface area contributed by atoms with Gasteiger partial charge in [0.05, 0.1) is 23.3 Å². The molecule has 0 radical (unpaired) electrons. The molecule has 0 spiro atoms. The zero-order valence-electron chi connectivity index (χ0n) is 12.4. The standard InChI is InChI=1S/C18H16N2O/c1-12-6-15(9-19)4-5-17(12)11-21-18-13(2)7-16(10-20)8-14(18)3/h4-8H,11H2,1-3H3. The Kier molecular flexibility index (Phi) is 4.26. The molecule has 0 fully saturated rings. The van der Waals surface area contributed by atoms with Gasteiger partial charge in [-0.3, -0.25) is 0 Å². The first kappa shape index (κ1) is 14.6. The smallest absolute Gasteiger partial charge is 0.125 e. The maximum absolute atomic E-state index is 8.95. The Balaban J connectivity index is 2.21. The molecule has 0 unspecified atom stereocenters. The minimum Gasteiger partial charge on any atom is -0.488 e. The Hall–Kier alpha value is -2.78. The molecule has 3 heteroatoms. The van der Waals surface area contributed by atoms with E-state index in [1.165, 1.54) is 0 Å². The first-order valence-corrected chi connectivity index (χ1v) is 6.69. The summed E-state index contributed by atoms with van der Waals surface area (Å²) >= 11 is 0. The van der Waals surface area contributed by atoms with Gasteiger partial charge in [-0.2, -0.15) is 10.5 Å². The second kappa shape index (κ2) is 6.11. The molecule has 0 aromatic heterocycles. The minimum atomic E-state index is 0.450. The van der Waals surface area contributed by atoms with Crippen LogP contribution in [0.3, 0.4) is 0 Å². The average molecular weight is 276 g/mol. The van der Waals surface area contributed by atoms with Crippen molar-refractivity contribution in [3.05, 3.63) is 63.7 Å². The summed E-state index contributed by atoms with van der Waals surface area (Å²) in [6, 6.07) is 13.5. The van der Waals surface area contributed by atoms with Crippen molar-refractivity contribution >= 4 is 0 Å². The molecule has 0 amide bonds. The lowest BCUT2D eigenvalue weighted by molar-refractivity contribution is 0.301. The molecule has 2 rings (SSSR count). The molecule has 0 N–H and O–H groups in total. The van der Waals surface area contributed by atoms with E-state index in [0.717, 1.165) is 28.0 Å². The molecule has 0 aliphatic carbocycles. The second-order valence-corrected chi connectivity index (χ2v) is 5.09. The van der Waals surface area contributed by atoms with Crippen LogP contribution in [0.4, 0.5) is 0 Å². The molecule has 3 nitrogen and oxygen atoms in total. The largest absolute Gasteiger partial charge is 0.488 e. The van der Waals surface area contributed by atoms with Crippen LogP contribution >= 0.6 is 0 Å². The van der Waals surface area contributed by atoms with Crippen LogP contribution in [-0.2, 0) is 6.61 Å². The fraction of sp³-hybridized carbons (Fsp3) is 0.222. The van der Waals surface area contributed by atoms with Crippen molar-refractivity contribution < 1.29 is 4.74 Å². The van der Waals surface area contributed by atoms with Gasteiger partial charge in [-0.15, -0.1) is 0 Å². The molecular weight excluding hydrogens is 260 g/mol. The maximum Gasteiger partial charge on any atom is 0.125 e. The average Bonchev–Trinajstić information content (AvgIpc) is 2.47. The molecule has 0 heterocycles. The molecule has 21 heavy (non-hydrogen) atoms. The van der Waals surface area contributed by atoms with Gasteiger partial charge < -0.3 is 4.74 Å². The monoisotopic (exact) mass is 276 g/mol. The molecule has 2 aromatic rings. The number of ether oxygens (including phenoxy) is 1. The van der Waals surface area contributed by atoms with Gasteiger partial charge in [0, 0.05) is 0 Å². The second-order valence-electron chi connectivity index (χ2n) is 5.09. The van der Waals surface area contributed by atoms with Crippen molar-refractivity contribution in [1.82, 2.24) is 0 Å². The fourth-order valence-electron chi connectivity index (χ4n) is 2.32. The predicted octanol–water partition coefficient (Wildman–Crippen LogP) is 3.93. The summed E-state index contributed by atoms with van der Waals surface area (Å²) in [6.07, 6.45) is 0. The third kappa shape index (κ3) is 3.22. The number of aryl methyl sites for hydroxylation is 3. The number of hydrogen-bond acceptors (Lipinski definition) is 3. The third-order valence-electron chi connectivity index (χ3n) is 3.43. The normalized spacial score (nSPS) is 9.76. The number of nitrogens with zero attached hydrogens (tertiary/aromatic N) is 2. The molecule has 0 saturated heterocycles. The molecule has 104 valence electrons. The predicted molar refractivity (Wildman–Crippen MR) is 80.9 cm³/mol. The van der Waals surface area contributed by atoms with Gasteiger partial charge >= 0.3 is 0 Å². The zero-order valence-corrected chi connectivity index (χ0v) is 12.4. The highest BCUT2D eigenvalue weighted by Gasteiger charge is 2.08. The fourth-order valence-corrected chi connectivity index (χ4v) is 2.32. The van der Waals surface area contributed by atoms with Crippen LogP contribution in [0.15, 0.2) is 30.3 Å². The highest BCUT2D eigenvalue weighted by Crippen LogP contribution is 2.26. The van der Waals surface area contributed by atoms with Crippen molar-refractivity contribution in [1.29, 1.82) is 10.5 Å². The van der Waals surface area contributed by atoms with Crippen LogP contribution in [0.1, 0.15) is 33.4 Å². The van der Waals surface area contributed by atoms with Crippen molar-refractivity contribution in [3.63, 3.8) is 0 Å². The molecule has 0 atom stereocenters. The van der Waals surface area contributed by atoms with E-state index in [1.807, 2.05) is 45.0 Å². The zero-order chi connectivity index (χ0) is 15.4. The molecule has 0 aliphatic rings. The Bertz CT molecular complexity index is 741. The van der Waals surface area contributed by atoms with Crippen LogP contribution in [0.2, 0.25) is 0 Å². The van der Waals surface area contributed by atoms with E-state index >= 15 is 0 Å². The van der Waals surface area contributed by atoms with Crippen LogP contribution < -0.4 is 4.74 Å². The lowest BCUT2D eigenvalue weighted by atomic mass is 10.1. The maximum atomic E-state index is 8.95.